The average Bonchev–Trinajstić information content (AvgIpc) is 2.84. The summed E-state index contributed by atoms with van der Waals surface area (Å²) in [5.41, 5.74) is 0.889. The highest BCUT2D eigenvalue weighted by Crippen LogP contribution is 2.25. The van der Waals surface area contributed by atoms with Gasteiger partial charge < -0.3 is 10.4 Å². The molecule has 0 saturated carbocycles. The molecule has 2 aromatic rings. The number of aryl methyl sites for hydroxylation is 1. The lowest BCUT2D eigenvalue weighted by Gasteiger charge is -2.07. The van der Waals surface area contributed by atoms with Gasteiger partial charge in [0.05, 0.1) is 16.2 Å². The van der Waals surface area contributed by atoms with E-state index in [2.05, 4.69) is 10.4 Å². The standard InChI is InChI=1S/C13H14N4O4/c1-16-7-5-10(15-16)4-6-14-11-8-9(13(18)19)2-3-12(11)17(20)21/h2-3,5,7-8,14H,4,6H2,1H3,(H,18,19). The molecule has 0 aliphatic rings. The summed E-state index contributed by atoms with van der Waals surface area (Å²) in [6.07, 6.45) is 2.39. The molecule has 0 saturated heterocycles. The molecule has 0 fully saturated rings. The molecular weight excluding hydrogens is 276 g/mol. The van der Waals surface area contributed by atoms with Crippen molar-refractivity contribution in [2.24, 2.45) is 7.05 Å². The van der Waals surface area contributed by atoms with Gasteiger partial charge in [0.25, 0.3) is 5.69 Å². The molecule has 0 aliphatic carbocycles. The average molecular weight is 290 g/mol. The third-order valence-electron chi connectivity index (χ3n) is 2.91. The molecular formula is C13H14N4O4. The number of aromatic nitrogens is 2. The normalized spacial score (nSPS) is 10.3. The largest absolute Gasteiger partial charge is 0.478 e. The quantitative estimate of drug-likeness (QED) is 0.618. The van der Waals surface area contributed by atoms with Crippen LogP contribution in [0.1, 0.15) is 16.1 Å². The number of carbonyl (C=O) groups is 1. The van der Waals surface area contributed by atoms with E-state index < -0.39 is 10.9 Å². The Morgan fingerprint density at radius 1 is 1.48 bits per heavy atom. The van der Waals surface area contributed by atoms with Crippen molar-refractivity contribution in [3.05, 3.63) is 51.8 Å². The number of nitro benzene ring substituents is 1. The molecule has 0 amide bonds. The number of aromatic carboxylic acids is 1. The van der Waals surface area contributed by atoms with Crippen LogP contribution in [-0.4, -0.2) is 32.3 Å². The zero-order valence-corrected chi connectivity index (χ0v) is 11.3. The van der Waals surface area contributed by atoms with Crippen molar-refractivity contribution in [3.8, 4) is 0 Å². The Kier molecular flexibility index (Phi) is 4.17. The van der Waals surface area contributed by atoms with E-state index in [0.717, 1.165) is 5.69 Å². The predicted molar refractivity (Wildman–Crippen MR) is 75.5 cm³/mol. The van der Waals surface area contributed by atoms with Gasteiger partial charge in [-0.25, -0.2) is 4.79 Å². The van der Waals surface area contributed by atoms with Gasteiger partial charge in [0.2, 0.25) is 0 Å². The third kappa shape index (κ3) is 3.56. The second kappa shape index (κ2) is 6.04. The van der Waals surface area contributed by atoms with Crippen molar-refractivity contribution in [3.63, 3.8) is 0 Å². The Labute approximate surface area is 120 Å². The first-order valence-electron chi connectivity index (χ1n) is 6.21. The second-order valence-corrected chi connectivity index (χ2v) is 4.45. The number of anilines is 1. The minimum Gasteiger partial charge on any atom is -0.478 e. The van der Waals surface area contributed by atoms with Crippen LogP contribution < -0.4 is 5.32 Å². The summed E-state index contributed by atoms with van der Waals surface area (Å²) in [5, 5.41) is 27.0. The number of carboxylic acids is 1. The van der Waals surface area contributed by atoms with Crippen LogP contribution in [0, 0.1) is 10.1 Å². The zero-order chi connectivity index (χ0) is 15.4. The van der Waals surface area contributed by atoms with E-state index in [1.54, 1.807) is 11.7 Å². The van der Waals surface area contributed by atoms with Crippen LogP contribution in [0.4, 0.5) is 11.4 Å². The Morgan fingerprint density at radius 2 is 2.24 bits per heavy atom. The van der Waals surface area contributed by atoms with Crippen LogP contribution in [0.15, 0.2) is 30.5 Å². The number of carboxylic acid groups (broad SMARTS) is 1. The minimum absolute atomic E-state index is 0.000867. The van der Waals surface area contributed by atoms with Crippen LogP contribution in [0.5, 0.6) is 0 Å². The number of rotatable bonds is 6. The fourth-order valence-corrected chi connectivity index (χ4v) is 1.89. The molecule has 110 valence electrons. The molecule has 0 spiro atoms. The van der Waals surface area contributed by atoms with E-state index >= 15 is 0 Å². The summed E-state index contributed by atoms with van der Waals surface area (Å²) < 4.78 is 1.67. The molecule has 0 aliphatic heterocycles. The highest BCUT2D eigenvalue weighted by molar-refractivity contribution is 5.90. The van der Waals surface area contributed by atoms with E-state index in [9.17, 15) is 14.9 Å². The van der Waals surface area contributed by atoms with Gasteiger partial charge in [-0.1, -0.05) is 0 Å². The first kappa shape index (κ1) is 14.5. The lowest BCUT2D eigenvalue weighted by Crippen LogP contribution is -2.09. The van der Waals surface area contributed by atoms with E-state index in [1.807, 2.05) is 12.3 Å². The van der Waals surface area contributed by atoms with Crippen LogP contribution in [0.3, 0.4) is 0 Å². The Bertz CT molecular complexity index is 681. The minimum atomic E-state index is -1.13. The molecule has 0 unspecified atom stereocenters. The van der Waals surface area contributed by atoms with Crippen molar-refractivity contribution in [2.45, 2.75) is 6.42 Å². The van der Waals surface area contributed by atoms with Gasteiger partial charge in [-0.15, -0.1) is 0 Å². The lowest BCUT2D eigenvalue weighted by atomic mass is 10.1. The molecule has 0 atom stereocenters. The van der Waals surface area contributed by atoms with Crippen LogP contribution in [0.25, 0.3) is 0 Å². The van der Waals surface area contributed by atoms with Gasteiger partial charge in [-0.2, -0.15) is 5.10 Å². The first-order valence-corrected chi connectivity index (χ1v) is 6.21. The Hall–Kier alpha value is -2.90. The zero-order valence-electron chi connectivity index (χ0n) is 11.3. The number of nitrogens with one attached hydrogen (secondary N) is 1. The fourth-order valence-electron chi connectivity index (χ4n) is 1.89. The highest BCUT2D eigenvalue weighted by Gasteiger charge is 2.16. The summed E-state index contributed by atoms with van der Waals surface area (Å²) in [5.74, 6) is -1.13. The first-order chi connectivity index (χ1) is 9.97. The van der Waals surface area contributed by atoms with Gasteiger partial charge in [0.1, 0.15) is 5.69 Å². The Morgan fingerprint density at radius 3 is 2.81 bits per heavy atom. The summed E-state index contributed by atoms with van der Waals surface area (Å²) in [6.45, 7) is 0.418. The van der Waals surface area contributed by atoms with Crippen LogP contribution >= 0.6 is 0 Å². The summed E-state index contributed by atoms with van der Waals surface area (Å²) >= 11 is 0. The van der Waals surface area contributed by atoms with Crippen LogP contribution in [0.2, 0.25) is 0 Å². The molecule has 2 N–H and O–H groups in total. The molecule has 1 aromatic heterocycles. The van der Waals surface area contributed by atoms with Crippen molar-refractivity contribution < 1.29 is 14.8 Å². The maximum atomic E-state index is 10.9. The van der Waals surface area contributed by atoms with Gasteiger partial charge in [0, 0.05) is 32.3 Å². The number of hydrogen-bond donors (Lipinski definition) is 2. The third-order valence-corrected chi connectivity index (χ3v) is 2.91. The number of benzene rings is 1. The van der Waals surface area contributed by atoms with Crippen molar-refractivity contribution >= 4 is 17.3 Å². The SMILES string of the molecule is Cn1ccc(CCNc2cc(C(=O)O)ccc2[N+](=O)[O-])n1. The molecule has 8 nitrogen and oxygen atoms in total. The van der Waals surface area contributed by atoms with Gasteiger partial charge >= 0.3 is 5.97 Å². The predicted octanol–water partition coefficient (Wildman–Crippen LogP) is 1.68. The molecule has 1 aromatic carbocycles. The van der Waals surface area contributed by atoms with E-state index in [0.29, 0.717) is 13.0 Å². The molecule has 0 bridgehead atoms. The highest BCUT2D eigenvalue weighted by atomic mass is 16.6. The molecule has 1 heterocycles. The van der Waals surface area contributed by atoms with Crippen molar-refractivity contribution in [1.29, 1.82) is 0 Å². The number of nitro groups is 1. The number of hydrogen-bond acceptors (Lipinski definition) is 5. The fraction of sp³-hybridized carbons (Fsp3) is 0.231. The summed E-state index contributed by atoms with van der Waals surface area (Å²) in [6, 6.07) is 5.51. The molecule has 2 rings (SSSR count). The van der Waals surface area contributed by atoms with Crippen molar-refractivity contribution in [2.75, 3.05) is 11.9 Å². The number of nitrogens with zero attached hydrogens (tertiary/aromatic N) is 3. The topological polar surface area (TPSA) is 110 Å². The van der Waals surface area contributed by atoms with Crippen molar-refractivity contribution in [1.82, 2.24) is 9.78 Å². The molecule has 8 heteroatoms. The van der Waals surface area contributed by atoms with Crippen LogP contribution in [-0.2, 0) is 13.5 Å². The Balaban J connectivity index is 2.11. The molecule has 21 heavy (non-hydrogen) atoms. The van der Waals surface area contributed by atoms with E-state index in [-0.39, 0.29) is 16.9 Å². The maximum Gasteiger partial charge on any atom is 0.335 e. The van der Waals surface area contributed by atoms with Gasteiger partial charge in [0.15, 0.2) is 0 Å². The smallest absolute Gasteiger partial charge is 0.335 e. The lowest BCUT2D eigenvalue weighted by molar-refractivity contribution is -0.384. The van der Waals surface area contributed by atoms with Gasteiger partial charge in [-0.05, 0) is 18.2 Å². The van der Waals surface area contributed by atoms with E-state index in [1.165, 1.54) is 18.2 Å². The summed E-state index contributed by atoms with van der Waals surface area (Å²) in [4.78, 5) is 21.3. The molecule has 0 radical (unpaired) electrons. The maximum absolute atomic E-state index is 10.9. The van der Waals surface area contributed by atoms with Gasteiger partial charge in [-0.3, -0.25) is 14.8 Å². The summed E-state index contributed by atoms with van der Waals surface area (Å²) in [7, 11) is 1.80. The van der Waals surface area contributed by atoms with E-state index in [4.69, 9.17) is 5.11 Å². The monoisotopic (exact) mass is 290 g/mol. The second-order valence-electron chi connectivity index (χ2n) is 4.45.